The third kappa shape index (κ3) is 4.56. The first-order valence-electron chi connectivity index (χ1n) is 9.30. The van der Waals surface area contributed by atoms with Crippen molar-refractivity contribution in [2.45, 2.75) is 19.4 Å². The molecule has 0 saturated carbocycles. The number of nitrogens with zero attached hydrogens (tertiary/aromatic N) is 3. The van der Waals surface area contributed by atoms with E-state index in [4.69, 9.17) is 10.5 Å². The fourth-order valence-corrected chi connectivity index (χ4v) is 3.54. The fourth-order valence-electron chi connectivity index (χ4n) is 2.81. The molecule has 3 heterocycles. The van der Waals surface area contributed by atoms with Gasteiger partial charge in [-0.25, -0.2) is 9.97 Å². The van der Waals surface area contributed by atoms with E-state index in [0.29, 0.717) is 33.1 Å². The highest BCUT2D eigenvalue weighted by atomic mass is 32.1. The van der Waals surface area contributed by atoms with Gasteiger partial charge >= 0.3 is 0 Å². The molecule has 3 aromatic heterocycles. The number of aromatic nitrogens is 3. The Kier molecular flexibility index (Phi) is 5.35. The Morgan fingerprint density at radius 1 is 1.03 bits per heavy atom. The molecule has 30 heavy (non-hydrogen) atoms. The van der Waals surface area contributed by atoms with Gasteiger partial charge in [0.05, 0.1) is 5.69 Å². The second-order valence-electron chi connectivity index (χ2n) is 7.15. The zero-order valence-electron chi connectivity index (χ0n) is 16.5. The second kappa shape index (κ2) is 8.10. The minimum absolute atomic E-state index is 0.437. The summed E-state index contributed by atoms with van der Waals surface area (Å²) in [6, 6.07) is 16.9. The molecule has 0 spiro atoms. The van der Waals surface area contributed by atoms with Crippen LogP contribution in [0.2, 0.25) is 0 Å². The Morgan fingerprint density at radius 2 is 1.80 bits per heavy atom. The van der Waals surface area contributed by atoms with Crippen molar-refractivity contribution in [3.05, 3.63) is 72.7 Å². The van der Waals surface area contributed by atoms with Gasteiger partial charge in [0.25, 0.3) is 0 Å². The van der Waals surface area contributed by atoms with E-state index in [1.54, 1.807) is 44.4 Å². The number of nitrogens with two attached hydrogens (primary N) is 1. The lowest BCUT2D eigenvalue weighted by molar-refractivity contribution is 0.0739. The highest BCUT2D eigenvalue weighted by molar-refractivity contribution is 7.17. The van der Waals surface area contributed by atoms with E-state index in [-0.39, 0.29) is 0 Å². The molecule has 0 fully saturated rings. The molecule has 4 N–H and O–H groups in total. The largest absolute Gasteiger partial charge is 0.444 e. The van der Waals surface area contributed by atoms with Crippen LogP contribution < -0.4 is 15.8 Å². The van der Waals surface area contributed by atoms with Crippen molar-refractivity contribution < 1.29 is 9.84 Å². The quantitative estimate of drug-likeness (QED) is 0.406. The maximum Gasteiger partial charge on any atom is 0.210 e. The maximum absolute atomic E-state index is 10.2. The van der Waals surface area contributed by atoms with Crippen molar-refractivity contribution >= 4 is 28.0 Å². The Labute approximate surface area is 178 Å². The number of hydrogen-bond donors (Lipinski definition) is 3. The number of nitrogens with one attached hydrogen (secondary N) is 1. The monoisotopic (exact) mass is 419 g/mol. The molecule has 0 radical (unpaired) electrons. The lowest BCUT2D eigenvalue weighted by atomic mass is 10.0. The fraction of sp³-hybridized carbons (Fsp3) is 0.136. The summed E-state index contributed by atoms with van der Waals surface area (Å²) in [6.45, 7) is 3.38. The van der Waals surface area contributed by atoms with E-state index in [1.165, 1.54) is 11.3 Å². The molecular formula is C22H21N5O2S. The normalized spacial score (nSPS) is 11.3. The van der Waals surface area contributed by atoms with Gasteiger partial charge in [-0.05, 0) is 32.0 Å². The molecule has 1 aromatic carbocycles. The van der Waals surface area contributed by atoms with Crippen LogP contribution in [-0.2, 0) is 5.60 Å². The summed E-state index contributed by atoms with van der Waals surface area (Å²) in [5, 5.41) is 14.4. The van der Waals surface area contributed by atoms with E-state index < -0.39 is 5.60 Å². The summed E-state index contributed by atoms with van der Waals surface area (Å²) < 4.78 is 6.08. The van der Waals surface area contributed by atoms with Crippen molar-refractivity contribution in [1.29, 1.82) is 0 Å². The van der Waals surface area contributed by atoms with Crippen LogP contribution in [0.25, 0.3) is 11.3 Å². The van der Waals surface area contributed by atoms with E-state index in [0.717, 1.165) is 11.3 Å². The van der Waals surface area contributed by atoms with Gasteiger partial charge in [0.2, 0.25) is 5.06 Å². The molecule has 152 valence electrons. The lowest BCUT2D eigenvalue weighted by Crippen LogP contribution is -2.17. The number of pyridine rings is 2. The third-order valence-corrected chi connectivity index (χ3v) is 5.02. The van der Waals surface area contributed by atoms with Crippen LogP contribution in [-0.4, -0.2) is 20.1 Å². The minimum Gasteiger partial charge on any atom is -0.444 e. The van der Waals surface area contributed by atoms with Gasteiger partial charge in [0.1, 0.15) is 22.9 Å². The van der Waals surface area contributed by atoms with Crippen LogP contribution in [0.3, 0.4) is 0 Å². The Hall–Kier alpha value is -3.49. The average Bonchev–Trinajstić information content (AvgIpc) is 3.08. The number of hydrogen-bond acceptors (Lipinski definition) is 8. The van der Waals surface area contributed by atoms with Crippen LogP contribution in [0.4, 0.5) is 16.6 Å². The van der Waals surface area contributed by atoms with E-state index in [1.807, 2.05) is 36.4 Å². The summed E-state index contributed by atoms with van der Waals surface area (Å²) in [5.41, 5.74) is 7.86. The van der Waals surface area contributed by atoms with Gasteiger partial charge in [-0.3, -0.25) is 4.98 Å². The van der Waals surface area contributed by atoms with E-state index >= 15 is 0 Å². The molecule has 0 atom stereocenters. The van der Waals surface area contributed by atoms with Crippen molar-refractivity contribution in [1.82, 2.24) is 15.0 Å². The van der Waals surface area contributed by atoms with Gasteiger partial charge < -0.3 is 20.9 Å². The highest BCUT2D eigenvalue weighted by Gasteiger charge is 2.18. The van der Waals surface area contributed by atoms with E-state index in [2.05, 4.69) is 20.3 Å². The van der Waals surface area contributed by atoms with Crippen LogP contribution in [0.5, 0.6) is 10.8 Å². The molecular weight excluding hydrogens is 398 g/mol. The topological polar surface area (TPSA) is 106 Å². The van der Waals surface area contributed by atoms with Gasteiger partial charge in [-0.2, -0.15) is 0 Å². The molecule has 0 bridgehead atoms. The number of benzene rings is 1. The molecule has 8 heteroatoms. The summed E-state index contributed by atoms with van der Waals surface area (Å²) in [5.74, 6) is 1.20. The number of ether oxygens (including phenoxy) is 1. The molecule has 0 aliphatic carbocycles. The Morgan fingerprint density at radius 3 is 2.57 bits per heavy atom. The summed E-state index contributed by atoms with van der Waals surface area (Å²) in [7, 11) is 0. The zero-order chi connectivity index (χ0) is 21.1. The van der Waals surface area contributed by atoms with Gasteiger partial charge in [0.15, 0.2) is 5.13 Å². The third-order valence-electron chi connectivity index (χ3n) is 4.26. The standard InChI is InChI=1S/C22H21N5O2S/c1-22(2,28)17-12-15(8-10-24-17)26-18-13-16(9-11-25-18)29-20-19(27-21(23)30-20)14-6-4-3-5-7-14/h3-13,28H,1-2H3,(H2,23,27)(H,24,25,26). The highest BCUT2D eigenvalue weighted by Crippen LogP contribution is 2.39. The summed E-state index contributed by atoms with van der Waals surface area (Å²) in [4.78, 5) is 13.0. The molecule has 4 aromatic rings. The summed E-state index contributed by atoms with van der Waals surface area (Å²) >= 11 is 1.29. The number of aliphatic hydroxyl groups is 1. The maximum atomic E-state index is 10.2. The molecule has 0 aliphatic rings. The number of thiazole rings is 1. The predicted molar refractivity (Wildman–Crippen MR) is 119 cm³/mol. The predicted octanol–water partition coefficient (Wildman–Crippen LogP) is 4.95. The Balaban J connectivity index is 1.57. The van der Waals surface area contributed by atoms with Crippen LogP contribution in [0, 0.1) is 0 Å². The second-order valence-corrected chi connectivity index (χ2v) is 8.14. The molecule has 0 unspecified atom stereocenters. The van der Waals surface area contributed by atoms with Crippen LogP contribution in [0.1, 0.15) is 19.5 Å². The first kappa shape index (κ1) is 19.8. The van der Waals surface area contributed by atoms with Crippen molar-refractivity contribution in [3.8, 4) is 22.1 Å². The number of nitrogen functional groups attached to an aromatic ring is 1. The van der Waals surface area contributed by atoms with E-state index in [9.17, 15) is 5.11 Å². The van der Waals surface area contributed by atoms with Crippen molar-refractivity contribution in [2.24, 2.45) is 0 Å². The number of rotatable bonds is 6. The molecule has 0 amide bonds. The molecule has 0 aliphatic heterocycles. The molecule has 7 nitrogen and oxygen atoms in total. The van der Waals surface area contributed by atoms with Crippen LogP contribution in [0.15, 0.2) is 67.0 Å². The zero-order valence-corrected chi connectivity index (χ0v) is 17.4. The lowest BCUT2D eigenvalue weighted by Gasteiger charge is -2.17. The average molecular weight is 420 g/mol. The van der Waals surface area contributed by atoms with Gasteiger partial charge in [-0.15, -0.1) is 0 Å². The molecule has 0 saturated heterocycles. The van der Waals surface area contributed by atoms with Crippen LogP contribution >= 0.6 is 11.3 Å². The molecule has 4 rings (SSSR count). The number of anilines is 3. The first-order valence-corrected chi connectivity index (χ1v) is 10.1. The smallest absolute Gasteiger partial charge is 0.210 e. The van der Waals surface area contributed by atoms with Crippen molar-refractivity contribution in [2.75, 3.05) is 11.1 Å². The SMILES string of the molecule is CC(C)(O)c1cc(Nc2cc(Oc3sc(N)nc3-c3ccccc3)ccn2)ccn1. The van der Waals surface area contributed by atoms with Gasteiger partial charge in [-0.1, -0.05) is 41.7 Å². The van der Waals surface area contributed by atoms with Gasteiger partial charge in [0, 0.05) is 29.7 Å². The Bertz CT molecular complexity index is 1160. The minimum atomic E-state index is -1.03. The van der Waals surface area contributed by atoms with Crippen molar-refractivity contribution in [3.63, 3.8) is 0 Å². The summed E-state index contributed by atoms with van der Waals surface area (Å²) in [6.07, 6.45) is 3.30. The first-order chi connectivity index (χ1) is 14.4.